The number of hydrogen-bond acceptors (Lipinski definition) is 7. The smallest absolute Gasteiger partial charge is 0.257 e. The Morgan fingerprint density at radius 3 is 2.81 bits per heavy atom. The third-order valence-corrected chi connectivity index (χ3v) is 3.44. The minimum absolute atomic E-state index is 0.180. The van der Waals surface area contributed by atoms with Crippen LogP contribution < -0.4 is 11.3 Å². The minimum Gasteiger partial charge on any atom is -0.383 e. The van der Waals surface area contributed by atoms with Gasteiger partial charge in [0.1, 0.15) is 5.82 Å². The fraction of sp³-hybridized carbons (Fsp3) is 0.0769. The molecule has 3 aromatic rings. The van der Waals surface area contributed by atoms with E-state index in [2.05, 4.69) is 20.1 Å². The molecule has 3 N–H and O–H groups in total. The normalized spacial score (nSPS) is 10.7. The second-order valence-corrected chi connectivity index (χ2v) is 5.11. The summed E-state index contributed by atoms with van der Waals surface area (Å²) in [4.78, 5) is 22.2. The van der Waals surface area contributed by atoms with Crippen molar-refractivity contribution in [3.8, 4) is 11.5 Å². The summed E-state index contributed by atoms with van der Waals surface area (Å²) in [5, 5.41) is 4.32. The van der Waals surface area contributed by atoms with Crippen molar-refractivity contribution in [2.75, 3.05) is 5.73 Å². The van der Waals surface area contributed by atoms with Crippen LogP contribution in [0.15, 0.2) is 50.9 Å². The van der Waals surface area contributed by atoms with Crippen LogP contribution in [-0.4, -0.2) is 20.1 Å². The minimum atomic E-state index is -0.289. The van der Waals surface area contributed by atoms with Crippen LogP contribution in [-0.2, 0) is 5.75 Å². The Balaban J connectivity index is 1.72. The van der Waals surface area contributed by atoms with E-state index in [0.717, 1.165) is 5.56 Å². The summed E-state index contributed by atoms with van der Waals surface area (Å²) < 4.78 is 5.20. The molecule has 0 bridgehead atoms. The lowest BCUT2D eigenvalue weighted by molar-refractivity contribution is 0.425. The first-order valence-corrected chi connectivity index (χ1v) is 7.07. The van der Waals surface area contributed by atoms with E-state index in [1.165, 1.54) is 17.8 Å². The molecule has 0 spiro atoms. The SMILES string of the molecule is Nc1cc(=O)[nH]c(SCc2noc(-c3ccccc3)n2)n1. The molecule has 0 amide bonds. The highest BCUT2D eigenvalue weighted by Gasteiger charge is 2.09. The van der Waals surface area contributed by atoms with E-state index in [9.17, 15) is 4.79 Å². The third kappa shape index (κ3) is 3.29. The van der Waals surface area contributed by atoms with Gasteiger partial charge in [0.15, 0.2) is 11.0 Å². The van der Waals surface area contributed by atoms with E-state index < -0.39 is 0 Å². The third-order valence-electron chi connectivity index (χ3n) is 2.57. The second kappa shape index (κ2) is 5.80. The number of hydrogen-bond donors (Lipinski definition) is 2. The highest BCUT2D eigenvalue weighted by atomic mass is 32.2. The van der Waals surface area contributed by atoms with Gasteiger partial charge in [0.05, 0.1) is 5.75 Å². The summed E-state index contributed by atoms with van der Waals surface area (Å²) >= 11 is 1.28. The maximum atomic E-state index is 11.3. The first-order chi connectivity index (χ1) is 10.2. The van der Waals surface area contributed by atoms with Gasteiger partial charge in [0.2, 0.25) is 0 Å². The van der Waals surface area contributed by atoms with Crippen molar-refractivity contribution in [1.29, 1.82) is 0 Å². The molecule has 0 unspecified atom stereocenters. The summed E-state index contributed by atoms with van der Waals surface area (Å²) in [7, 11) is 0. The topological polar surface area (TPSA) is 111 Å². The predicted molar refractivity (Wildman–Crippen MR) is 78.6 cm³/mol. The number of aromatic amines is 1. The molecule has 0 radical (unpaired) electrons. The zero-order chi connectivity index (χ0) is 14.7. The number of nitrogens with two attached hydrogens (primary N) is 1. The summed E-state index contributed by atoms with van der Waals surface area (Å²) in [5.74, 6) is 1.58. The van der Waals surface area contributed by atoms with E-state index in [0.29, 0.717) is 22.6 Å². The highest BCUT2D eigenvalue weighted by Crippen LogP contribution is 2.20. The molecule has 0 aliphatic heterocycles. The van der Waals surface area contributed by atoms with Gasteiger partial charge >= 0.3 is 0 Å². The average molecular weight is 301 g/mol. The number of rotatable bonds is 4. The summed E-state index contributed by atoms with van der Waals surface area (Å²) in [6, 6.07) is 10.7. The Morgan fingerprint density at radius 2 is 2.05 bits per heavy atom. The Bertz CT molecular complexity index is 800. The number of H-pyrrole nitrogens is 1. The van der Waals surface area contributed by atoms with Crippen molar-refractivity contribution in [2.24, 2.45) is 0 Å². The van der Waals surface area contributed by atoms with Crippen molar-refractivity contribution < 1.29 is 4.52 Å². The van der Waals surface area contributed by atoms with Crippen LogP contribution in [0.1, 0.15) is 5.82 Å². The van der Waals surface area contributed by atoms with Crippen molar-refractivity contribution >= 4 is 17.6 Å². The molecule has 0 aliphatic carbocycles. The summed E-state index contributed by atoms with van der Waals surface area (Å²) in [6.07, 6.45) is 0. The Labute approximate surface area is 123 Å². The van der Waals surface area contributed by atoms with Crippen LogP contribution in [0.5, 0.6) is 0 Å². The van der Waals surface area contributed by atoms with Gasteiger partial charge < -0.3 is 15.2 Å². The molecular formula is C13H11N5O2S. The summed E-state index contributed by atoms with van der Waals surface area (Å²) in [6.45, 7) is 0. The molecule has 0 fully saturated rings. The Hall–Kier alpha value is -2.61. The Morgan fingerprint density at radius 1 is 1.24 bits per heavy atom. The van der Waals surface area contributed by atoms with Crippen LogP contribution in [0.25, 0.3) is 11.5 Å². The lowest BCUT2D eigenvalue weighted by Crippen LogP contribution is -2.09. The maximum absolute atomic E-state index is 11.3. The van der Waals surface area contributed by atoms with E-state index in [1.807, 2.05) is 30.3 Å². The first kappa shape index (κ1) is 13.4. The van der Waals surface area contributed by atoms with E-state index in [4.69, 9.17) is 10.3 Å². The molecule has 1 aromatic carbocycles. The van der Waals surface area contributed by atoms with Gasteiger partial charge in [-0.25, -0.2) is 4.98 Å². The number of anilines is 1. The molecule has 7 nitrogen and oxygen atoms in total. The molecule has 0 aliphatic rings. The molecule has 3 rings (SSSR count). The van der Waals surface area contributed by atoms with Gasteiger partial charge in [-0.15, -0.1) is 0 Å². The fourth-order valence-corrected chi connectivity index (χ4v) is 2.39. The largest absolute Gasteiger partial charge is 0.383 e. The quantitative estimate of drug-likeness (QED) is 0.557. The van der Waals surface area contributed by atoms with Crippen LogP contribution in [0.4, 0.5) is 5.82 Å². The van der Waals surface area contributed by atoms with E-state index in [-0.39, 0.29) is 11.4 Å². The lowest BCUT2D eigenvalue weighted by atomic mass is 10.2. The standard InChI is InChI=1S/C13H11N5O2S/c14-9-6-11(19)17-13(15-9)21-7-10-16-12(20-18-10)8-4-2-1-3-5-8/h1-6H,7H2,(H3,14,15,17,19). The number of benzene rings is 1. The van der Waals surface area contributed by atoms with Gasteiger partial charge in [-0.1, -0.05) is 35.1 Å². The van der Waals surface area contributed by atoms with Crippen LogP contribution in [0.2, 0.25) is 0 Å². The number of thioether (sulfide) groups is 1. The zero-order valence-electron chi connectivity index (χ0n) is 10.8. The predicted octanol–water partition coefficient (Wildman–Crippen LogP) is 1.69. The molecule has 2 heterocycles. The van der Waals surface area contributed by atoms with Gasteiger partial charge in [-0.05, 0) is 12.1 Å². The number of nitrogens with one attached hydrogen (secondary N) is 1. The molecule has 0 saturated carbocycles. The van der Waals surface area contributed by atoms with Crippen molar-refractivity contribution in [2.45, 2.75) is 10.9 Å². The first-order valence-electron chi connectivity index (χ1n) is 6.08. The van der Waals surface area contributed by atoms with Crippen molar-refractivity contribution in [3.63, 3.8) is 0 Å². The maximum Gasteiger partial charge on any atom is 0.257 e. The molecule has 2 aromatic heterocycles. The highest BCUT2D eigenvalue weighted by molar-refractivity contribution is 7.98. The van der Waals surface area contributed by atoms with E-state index in [1.54, 1.807) is 0 Å². The molecule has 0 saturated heterocycles. The second-order valence-electron chi connectivity index (χ2n) is 4.15. The molecule has 0 atom stereocenters. The zero-order valence-corrected chi connectivity index (χ0v) is 11.6. The van der Waals surface area contributed by atoms with Gasteiger partial charge in [0.25, 0.3) is 11.4 Å². The van der Waals surface area contributed by atoms with Crippen molar-refractivity contribution in [3.05, 3.63) is 52.6 Å². The van der Waals surface area contributed by atoms with Crippen LogP contribution in [0, 0.1) is 0 Å². The average Bonchev–Trinajstić information content (AvgIpc) is 2.94. The number of nitrogens with zero attached hydrogens (tertiary/aromatic N) is 3. The van der Waals surface area contributed by atoms with E-state index >= 15 is 0 Å². The molecule has 8 heteroatoms. The number of aromatic nitrogens is 4. The molecule has 21 heavy (non-hydrogen) atoms. The van der Waals surface area contributed by atoms with Gasteiger partial charge in [-0.3, -0.25) is 4.79 Å². The van der Waals surface area contributed by atoms with Gasteiger partial charge in [-0.2, -0.15) is 4.98 Å². The number of nitrogen functional groups attached to an aromatic ring is 1. The lowest BCUT2D eigenvalue weighted by Gasteiger charge is -1.98. The van der Waals surface area contributed by atoms with Crippen molar-refractivity contribution in [1.82, 2.24) is 20.1 Å². The van der Waals surface area contributed by atoms with Gasteiger partial charge in [0, 0.05) is 11.6 Å². The van der Waals surface area contributed by atoms with Crippen LogP contribution >= 0.6 is 11.8 Å². The summed E-state index contributed by atoms with van der Waals surface area (Å²) in [5.41, 5.74) is 6.08. The Kier molecular flexibility index (Phi) is 3.69. The fourth-order valence-electron chi connectivity index (χ4n) is 1.67. The van der Waals surface area contributed by atoms with Crippen LogP contribution in [0.3, 0.4) is 0 Å². The molecular weight excluding hydrogens is 290 g/mol. The molecule has 106 valence electrons. The monoisotopic (exact) mass is 301 g/mol.